The summed E-state index contributed by atoms with van der Waals surface area (Å²) in [5, 5.41) is 0. The third kappa shape index (κ3) is 3.68. The molecule has 0 aromatic rings. The van der Waals surface area contributed by atoms with E-state index in [1.807, 2.05) is 20.8 Å². The fraction of sp³-hybridized carbons (Fsp3) is 0.900. The molecular formula is C10H20N2O3. The van der Waals surface area contributed by atoms with E-state index in [2.05, 4.69) is 4.84 Å². The number of nitrogens with two attached hydrogens (primary N) is 1. The Kier molecular flexibility index (Phi) is 3.93. The van der Waals surface area contributed by atoms with E-state index in [1.54, 1.807) is 4.90 Å². The lowest BCUT2D eigenvalue weighted by Crippen LogP contribution is -2.42. The standard InChI is InChI=1S/C10H20N2O3/c1-10(2,3)15-9(13)12-6-4-5-8(12)7-14-11/h8H,4-7,11H2,1-3H3/t8-/m0/s1. The molecular weight excluding hydrogens is 196 g/mol. The number of likely N-dealkylation sites (tertiary alicyclic amines) is 1. The smallest absolute Gasteiger partial charge is 0.410 e. The summed E-state index contributed by atoms with van der Waals surface area (Å²) < 4.78 is 5.29. The number of nitrogens with zero attached hydrogens (tertiary/aromatic N) is 1. The second-order valence-electron chi connectivity index (χ2n) is 4.80. The second-order valence-corrected chi connectivity index (χ2v) is 4.80. The average molecular weight is 216 g/mol. The zero-order valence-electron chi connectivity index (χ0n) is 9.66. The van der Waals surface area contributed by atoms with E-state index in [-0.39, 0.29) is 12.1 Å². The van der Waals surface area contributed by atoms with Gasteiger partial charge >= 0.3 is 6.09 Å². The van der Waals surface area contributed by atoms with Crippen molar-refractivity contribution in [3.8, 4) is 0 Å². The Morgan fingerprint density at radius 1 is 1.53 bits per heavy atom. The number of ether oxygens (including phenoxy) is 1. The molecule has 1 saturated heterocycles. The van der Waals surface area contributed by atoms with Crippen LogP contribution in [0.2, 0.25) is 0 Å². The predicted molar refractivity (Wildman–Crippen MR) is 56.1 cm³/mol. The van der Waals surface area contributed by atoms with Crippen LogP contribution in [0.25, 0.3) is 0 Å². The van der Waals surface area contributed by atoms with Crippen LogP contribution >= 0.6 is 0 Å². The first-order chi connectivity index (χ1) is 6.94. The summed E-state index contributed by atoms with van der Waals surface area (Å²) >= 11 is 0. The van der Waals surface area contributed by atoms with Gasteiger partial charge in [-0.2, -0.15) is 0 Å². The molecule has 0 radical (unpaired) electrons. The Balaban J connectivity index is 2.51. The summed E-state index contributed by atoms with van der Waals surface area (Å²) in [5.41, 5.74) is -0.451. The SMILES string of the molecule is CC(C)(C)OC(=O)N1CCC[C@H]1CON. The number of hydrogen-bond acceptors (Lipinski definition) is 4. The molecule has 1 aliphatic heterocycles. The lowest BCUT2D eigenvalue weighted by Gasteiger charge is -2.28. The molecule has 1 fully saturated rings. The van der Waals surface area contributed by atoms with Gasteiger partial charge in [0.2, 0.25) is 0 Å². The van der Waals surface area contributed by atoms with Crippen LogP contribution in [0, 0.1) is 0 Å². The zero-order chi connectivity index (χ0) is 11.5. The topological polar surface area (TPSA) is 64.8 Å². The van der Waals surface area contributed by atoms with Crippen LogP contribution < -0.4 is 5.90 Å². The van der Waals surface area contributed by atoms with E-state index >= 15 is 0 Å². The molecule has 0 aromatic heterocycles. The first-order valence-electron chi connectivity index (χ1n) is 5.25. The highest BCUT2D eigenvalue weighted by molar-refractivity contribution is 5.68. The highest BCUT2D eigenvalue weighted by Gasteiger charge is 2.31. The van der Waals surface area contributed by atoms with Crippen molar-refractivity contribution in [1.82, 2.24) is 4.90 Å². The van der Waals surface area contributed by atoms with Crippen molar-refractivity contribution in [3.63, 3.8) is 0 Å². The second kappa shape index (κ2) is 4.81. The van der Waals surface area contributed by atoms with Gasteiger partial charge in [0, 0.05) is 6.54 Å². The quantitative estimate of drug-likeness (QED) is 0.706. The molecule has 5 heteroatoms. The lowest BCUT2D eigenvalue weighted by molar-refractivity contribution is 0.0106. The Morgan fingerprint density at radius 2 is 2.20 bits per heavy atom. The fourth-order valence-corrected chi connectivity index (χ4v) is 1.68. The van der Waals surface area contributed by atoms with Crippen molar-refractivity contribution >= 4 is 6.09 Å². The van der Waals surface area contributed by atoms with Gasteiger partial charge in [-0.3, -0.25) is 0 Å². The van der Waals surface area contributed by atoms with E-state index in [4.69, 9.17) is 10.6 Å². The van der Waals surface area contributed by atoms with Gasteiger partial charge in [0.15, 0.2) is 0 Å². The van der Waals surface area contributed by atoms with Gasteiger partial charge in [0.25, 0.3) is 0 Å². The van der Waals surface area contributed by atoms with Crippen molar-refractivity contribution in [2.75, 3.05) is 13.2 Å². The molecule has 1 aliphatic rings. The summed E-state index contributed by atoms with van der Waals surface area (Å²) in [4.78, 5) is 18.0. The van der Waals surface area contributed by atoms with Gasteiger partial charge in [-0.15, -0.1) is 0 Å². The lowest BCUT2D eigenvalue weighted by atomic mass is 10.2. The Hall–Kier alpha value is -0.810. The number of rotatable bonds is 2. The summed E-state index contributed by atoms with van der Waals surface area (Å²) in [7, 11) is 0. The zero-order valence-corrected chi connectivity index (χ0v) is 9.66. The molecule has 2 N–H and O–H groups in total. The molecule has 5 nitrogen and oxygen atoms in total. The molecule has 1 amide bonds. The third-order valence-corrected chi connectivity index (χ3v) is 2.29. The maximum absolute atomic E-state index is 11.8. The molecule has 0 spiro atoms. The fourth-order valence-electron chi connectivity index (χ4n) is 1.68. The molecule has 1 atom stereocenters. The van der Waals surface area contributed by atoms with E-state index < -0.39 is 5.60 Å². The Labute approximate surface area is 90.5 Å². The third-order valence-electron chi connectivity index (χ3n) is 2.29. The van der Waals surface area contributed by atoms with Crippen molar-refractivity contribution in [2.24, 2.45) is 5.90 Å². The van der Waals surface area contributed by atoms with Crippen LogP contribution in [0.5, 0.6) is 0 Å². The van der Waals surface area contributed by atoms with Gasteiger partial charge < -0.3 is 14.5 Å². The van der Waals surface area contributed by atoms with Gasteiger partial charge in [-0.05, 0) is 33.6 Å². The molecule has 0 aromatic carbocycles. The average Bonchev–Trinajstić information content (AvgIpc) is 2.49. The van der Waals surface area contributed by atoms with Crippen LogP contribution in [0.4, 0.5) is 4.79 Å². The number of amides is 1. The van der Waals surface area contributed by atoms with Gasteiger partial charge in [-0.25, -0.2) is 10.7 Å². The number of carbonyl (C=O) groups excluding carboxylic acids is 1. The van der Waals surface area contributed by atoms with Crippen molar-refractivity contribution in [2.45, 2.75) is 45.3 Å². The van der Waals surface area contributed by atoms with Crippen LogP contribution in [-0.4, -0.2) is 35.8 Å². The predicted octanol–water partition coefficient (Wildman–Crippen LogP) is 1.28. The monoisotopic (exact) mass is 216 g/mol. The Bertz CT molecular complexity index is 225. The molecule has 0 saturated carbocycles. The van der Waals surface area contributed by atoms with Gasteiger partial charge in [0.05, 0.1) is 12.6 Å². The number of carbonyl (C=O) groups is 1. The molecule has 0 unspecified atom stereocenters. The van der Waals surface area contributed by atoms with Crippen molar-refractivity contribution in [3.05, 3.63) is 0 Å². The van der Waals surface area contributed by atoms with Crippen molar-refractivity contribution < 1.29 is 14.4 Å². The minimum absolute atomic E-state index is 0.0600. The van der Waals surface area contributed by atoms with E-state index in [0.29, 0.717) is 6.61 Å². The minimum atomic E-state index is -0.451. The number of hydrogen-bond donors (Lipinski definition) is 1. The maximum atomic E-state index is 11.8. The van der Waals surface area contributed by atoms with E-state index in [1.165, 1.54) is 0 Å². The van der Waals surface area contributed by atoms with Gasteiger partial charge in [0.1, 0.15) is 5.60 Å². The summed E-state index contributed by atoms with van der Waals surface area (Å²) in [5.74, 6) is 5.02. The molecule has 0 bridgehead atoms. The molecule has 0 aliphatic carbocycles. The van der Waals surface area contributed by atoms with Gasteiger partial charge in [-0.1, -0.05) is 0 Å². The molecule has 15 heavy (non-hydrogen) atoms. The summed E-state index contributed by atoms with van der Waals surface area (Å²) in [6, 6.07) is 0.0600. The van der Waals surface area contributed by atoms with Crippen LogP contribution in [0.15, 0.2) is 0 Å². The summed E-state index contributed by atoms with van der Waals surface area (Å²) in [6.07, 6.45) is 1.63. The highest BCUT2D eigenvalue weighted by Crippen LogP contribution is 2.20. The van der Waals surface area contributed by atoms with Crippen molar-refractivity contribution in [1.29, 1.82) is 0 Å². The van der Waals surface area contributed by atoms with E-state index in [9.17, 15) is 4.79 Å². The maximum Gasteiger partial charge on any atom is 0.410 e. The first kappa shape index (κ1) is 12.3. The van der Waals surface area contributed by atoms with E-state index in [0.717, 1.165) is 19.4 Å². The van der Waals surface area contributed by atoms with Crippen LogP contribution in [0.1, 0.15) is 33.6 Å². The first-order valence-corrected chi connectivity index (χ1v) is 5.25. The largest absolute Gasteiger partial charge is 0.444 e. The molecule has 88 valence electrons. The normalized spacial score (nSPS) is 21.9. The molecule has 1 heterocycles. The highest BCUT2D eigenvalue weighted by atomic mass is 16.6. The summed E-state index contributed by atoms with van der Waals surface area (Å²) in [6.45, 7) is 6.67. The molecule has 1 rings (SSSR count). The Morgan fingerprint density at radius 3 is 2.73 bits per heavy atom. The van der Waals surface area contributed by atoms with Crippen LogP contribution in [0.3, 0.4) is 0 Å². The minimum Gasteiger partial charge on any atom is -0.444 e. The van der Waals surface area contributed by atoms with Crippen LogP contribution in [-0.2, 0) is 9.57 Å².